The van der Waals surface area contributed by atoms with Gasteiger partial charge in [-0.3, -0.25) is 4.79 Å². The van der Waals surface area contributed by atoms with E-state index in [0.717, 1.165) is 52.9 Å². The van der Waals surface area contributed by atoms with E-state index in [-0.39, 0.29) is 11.8 Å². The fourth-order valence-corrected chi connectivity index (χ4v) is 4.21. The number of carbonyl (C=O) groups excluding carboxylic acids is 1. The molecule has 2 heterocycles. The Balaban J connectivity index is 1.74. The van der Waals surface area contributed by atoms with Crippen molar-refractivity contribution in [1.82, 2.24) is 31.1 Å². The van der Waals surface area contributed by atoms with Crippen LogP contribution in [-0.4, -0.2) is 44.0 Å². The number of benzene rings is 2. The molecule has 0 fully saturated rings. The lowest BCUT2D eigenvalue weighted by atomic mass is 9.94. The SMILES string of the molecule is CCCCN1NC(C)C(C(C)=O)=C1Cc1ccc(-c2ccccc2)c(-c2nn[nH]n2)c1. The minimum atomic E-state index is 0.0182. The van der Waals surface area contributed by atoms with Crippen molar-refractivity contribution in [2.45, 2.75) is 46.1 Å². The zero-order valence-corrected chi connectivity index (χ0v) is 18.2. The van der Waals surface area contributed by atoms with Crippen molar-refractivity contribution >= 4 is 5.78 Å². The summed E-state index contributed by atoms with van der Waals surface area (Å²) >= 11 is 0. The molecule has 0 bridgehead atoms. The van der Waals surface area contributed by atoms with Gasteiger partial charge in [-0.05, 0) is 48.2 Å². The molecular weight excluding hydrogens is 388 g/mol. The average molecular weight is 417 g/mol. The third kappa shape index (κ3) is 4.41. The van der Waals surface area contributed by atoms with Crippen LogP contribution in [-0.2, 0) is 11.2 Å². The largest absolute Gasteiger partial charge is 0.311 e. The molecule has 0 amide bonds. The van der Waals surface area contributed by atoms with E-state index in [0.29, 0.717) is 12.2 Å². The van der Waals surface area contributed by atoms with Crippen LogP contribution < -0.4 is 5.43 Å². The molecule has 4 rings (SSSR count). The van der Waals surface area contributed by atoms with Gasteiger partial charge in [0.25, 0.3) is 0 Å². The first-order valence-electron chi connectivity index (χ1n) is 10.8. The number of ketones is 1. The number of Topliss-reactive ketones (excluding diaryl/α,β-unsaturated/α-hetero) is 1. The summed E-state index contributed by atoms with van der Waals surface area (Å²) in [5, 5.41) is 16.9. The van der Waals surface area contributed by atoms with E-state index in [4.69, 9.17) is 0 Å². The van der Waals surface area contributed by atoms with Gasteiger partial charge in [0.05, 0.1) is 6.04 Å². The second kappa shape index (κ2) is 9.22. The Bertz CT molecular complexity index is 1070. The lowest BCUT2D eigenvalue weighted by Crippen LogP contribution is -2.37. The Morgan fingerprint density at radius 3 is 2.61 bits per heavy atom. The molecule has 1 aromatic heterocycles. The highest BCUT2D eigenvalue weighted by molar-refractivity contribution is 5.95. The van der Waals surface area contributed by atoms with Crippen LogP contribution in [0.15, 0.2) is 59.8 Å². The number of nitrogens with one attached hydrogen (secondary N) is 2. The van der Waals surface area contributed by atoms with Gasteiger partial charge in [-0.2, -0.15) is 5.21 Å². The van der Waals surface area contributed by atoms with Gasteiger partial charge in [0, 0.05) is 29.8 Å². The predicted molar refractivity (Wildman–Crippen MR) is 121 cm³/mol. The molecule has 160 valence electrons. The van der Waals surface area contributed by atoms with E-state index < -0.39 is 0 Å². The average Bonchev–Trinajstić information content (AvgIpc) is 3.41. The van der Waals surface area contributed by atoms with Crippen LogP contribution in [0.1, 0.15) is 39.2 Å². The number of aromatic nitrogens is 4. The third-order valence-corrected chi connectivity index (χ3v) is 5.66. The summed E-state index contributed by atoms with van der Waals surface area (Å²) in [7, 11) is 0. The number of rotatable bonds is 8. The Kier molecular flexibility index (Phi) is 6.23. The number of hydrogen-bond donors (Lipinski definition) is 2. The molecule has 0 saturated carbocycles. The topological polar surface area (TPSA) is 86.8 Å². The van der Waals surface area contributed by atoms with E-state index >= 15 is 0 Å². The zero-order chi connectivity index (χ0) is 21.8. The summed E-state index contributed by atoms with van der Waals surface area (Å²) in [6, 6.07) is 16.5. The summed E-state index contributed by atoms with van der Waals surface area (Å²) in [5.41, 5.74) is 9.55. The third-order valence-electron chi connectivity index (χ3n) is 5.66. The molecule has 0 spiro atoms. The van der Waals surface area contributed by atoms with Gasteiger partial charge in [-0.15, -0.1) is 10.2 Å². The quantitative estimate of drug-likeness (QED) is 0.579. The van der Waals surface area contributed by atoms with Crippen molar-refractivity contribution < 1.29 is 4.79 Å². The fraction of sp³-hybridized carbons (Fsp3) is 0.333. The molecule has 31 heavy (non-hydrogen) atoms. The van der Waals surface area contributed by atoms with Gasteiger partial charge in [0.2, 0.25) is 5.82 Å². The van der Waals surface area contributed by atoms with Gasteiger partial charge in [0.15, 0.2) is 5.78 Å². The van der Waals surface area contributed by atoms with Gasteiger partial charge >= 0.3 is 0 Å². The molecule has 0 saturated heterocycles. The van der Waals surface area contributed by atoms with Crippen LogP contribution >= 0.6 is 0 Å². The van der Waals surface area contributed by atoms with E-state index in [2.05, 4.69) is 68.3 Å². The summed E-state index contributed by atoms with van der Waals surface area (Å²) in [6.07, 6.45) is 2.83. The van der Waals surface area contributed by atoms with Gasteiger partial charge in [-0.1, -0.05) is 55.8 Å². The maximum atomic E-state index is 12.4. The van der Waals surface area contributed by atoms with E-state index in [1.807, 2.05) is 25.1 Å². The molecule has 2 N–H and O–H groups in total. The van der Waals surface area contributed by atoms with Crippen molar-refractivity contribution in [3.63, 3.8) is 0 Å². The summed E-state index contributed by atoms with van der Waals surface area (Å²) in [5.74, 6) is 0.676. The number of H-pyrrole nitrogens is 1. The Morgan fingerprint density at radius 1 is 1.13 bits per heavy atom. The highest BCUT2D eigenvalue weighted by Gasteiger charge is 2.30. The van der Waals surface area contributed by atoms with E-state index in [9.17, 15) is 4.79 Å². The molecule has 1 aliphatic heterocycles. The number of tetrazole rings is 1. The number of allylic oxidation sites excluding steroid dienone is 1. The van der Waals surface area contributed by atoms with E-state index in [1.165, 1.54) is 0 Å². The van der Waals surface area contributed by atoms with Gasteiger partial charge in [0.1, 0.15) is 0 Å². The zero-order valence-electron chi connectivity index (χ0n) is 18.2. The van der Waals surface area contributed by atoms with Crippen molar-refractivity contribution in [2.75, 3.05) is 6.54 Å². The number of aromatic amines is 1. The van der Waals surface area contributed by atoms with E-state index in [1.54, 1.807) is 6.92 Å². The summed E-state index contributed by atoms with van der Waals surface area (Å²) in [4.78, 5) is 12.4. The second-order valence-electron chi connectivity index (χ2n) is 7.93. The minimum absolute atomic E-state index is 0.0182. The van der Waals surface area contributed by atoms with Crippen molar-refractivity contribution in [3.05, 3.63) is 65.4 Å². The number of nitrogens with zero attached hydrogens (tertiary/aromatic N) is 4. The number of unbranched alkanes of at least 4 members (excludes halogenated alkanes) is 1. The highest BCUT2D eigenvalue weighted by Crippen LogP contribution is 2.33. The standard InChI is InChI=1S/C24H28N6O/c1-4-5-13-30-22(23(17(3)31)16(2)27-30)15-18-11-12-20(19-9-7-6-8-10-19)21(14-18)24-25-28-29-26-24/h6-12,14,16,27H,4-5,13,15H2,1-3H3,(H,25,26,28,29). The van der Waals surface area contributed by atoms with Crippen molar-refractivity contribution in [1.29, 1.82) is 0 Å². The first kappa shape index (κ1) is 20.9. The molecule has 1 atom stereocenters. The fourth-order valence-electron chi connectivity index (χ4n) is 4.21. The Hall–Kier alpha value is -3.32. The first-order chi connectivity index (χ1) is 15.1. The van der Waals surface area contributed by atoms with Crippen LogP contribution in [0.5, 0.6) is 0 Å². The molecule has 0 radical (unpaired) electrons. The van der Waals surface area contributed by atoms with Crippen LogP contribution in [0.25, 0.3) is 22.5 Å². The van der Waals surface area contributed by atoms with Gasteiger partial charge in [-0.25, -0.2) is 5.43 Å². The molecular formula is C24H28N6O. The number of hydrogen-bond acceptors (Lipinski definition) is 6. The molecule has 1 aliphatic rings. The van der Waals surface area contributed by atoms with Crippen LogP contribution in [0.4, 0.5) is 0 Å². The smallest absolute Gasteiger partial charge is 0.205 e. The second-order valence-corrected chi connectivity index (χ2v) is 7.93. The number of carbonyl (C=O) groups is 1. The summed E-state index contributed by atoms with van der Waals surface area (Å²) < 4.78 is 0. The molecule has 1 unspecified atom stereocenters. The molecule has 3 aromatic rings. The van der Waals surface area contributed by atoms with Crippen LogP contribution in [0.3, 0.4) is 0 Å². The highest BCUT2D eigenvalue weighted by atomic mass is 16.1. The van der Waals surface area contributed by atoms with Crippen LogP contribution in [0, 0.1) is 0 Å². The monoisotopic (exact) mass is 416 g/mol. The Labute approximate surface area is 182 Å². The number of hydrazine groups is 1. The predicted octanol–water partition coefficient (Wildman–Crippen LogP) is 3.93. The summed E-state index contributed by atoms with van der Waals surface area (Å²) in [6.45, 7) is 6.76. The maximum Gasteiger partial charge on any atom is 0.205 e. The minimum Gasteiger partial charge on any atom is -0.311 e. The van der Waals surface area contributed by atoms with Crippen molar-refractivity contribution in [3.8, 4) is 22.5 Å². The van der Waals surface area contributed by atoms with Crippen LogP contribution in [0.2, 0.25) is 0 Å². The maximum absolute atomic E-state index is 12.4. The molecule has 2 aromatic carbocycles. The first-order valence-corrected chi connectivity index (χ1v) is 10.8. The normalized spacial score (nSPS) is 16.2. The lowest BCUT2D eigenvalue weighted by molar-refractivity contribution is -0.113. The molecule has 7 heteroatoms. The molecule has 0 aliphatic carbocycles. The lowest BCUT2D eigenvalue weighted by Gasteiger charge is -2.23. The van der Waals surface area contributed by atoms with Crippen molar-refractivity contribution in [2.24, 2.45) is 0 Å². The Morgan fingerprint density at radius 2 is 1.94 bits per heavy atom. The van der Waals surface area contributed by atoms with Gasteiger partial charge < -0.3 is 5.01 Å². The molecule has 7 nitrogen and oxygen atoms in total.